The molecule has 0 atom stereocenters. The first-order valence-corrected chi connectivity index (χ1v) is 6.29. The number of benzene rings is 2. The smallest absolute Gasteiger partial charge is 0.230 e. The summed E-state index contributed by atoms with van der Waals surface area (Å²) in [5.74, 6) is 0.392. The standard InChI is InChI=1S/C13H6Cl3NO/c14-7-4-5-11-10(6-7)17-13(18-11)12-8(15)2-1-3-9(12)16/h1-6H. The third kappa shape index (κ3) is 1.97. The zero-order valence-corrected chi connectivity index (χ0v) is 11.2. The van der Waals surface area contributed by atoms with Gasteiger partial charge in [-0.3, -0.25) is 0 Å². The van der Waals surface area contributed by atoms with Gasteiger partial charge >= 0.3 is 0 Å². The van der Waals surface area contributed by atoms with E-state index in [2.05, 4.69) is 4.98 Å². The van der Waals surface area contributed by atoms with Crippen LogP contribution in [0.4, 0.5) is 0 Å². The number of aromatic nitrogens is 1. The summed E-state index contributed by atoms with van der Waals surface area (Å²) < 4.78 is 5.63. The lowest BCUT2D eigenvalue weighted by Crippen LogP contribution is -1.80. The molecule has 0 bridgehead atoms. The fraction of sp³-hybridized carbons (Fsp3) is 0. The van der Waals surface area contributed by atoms with Crippen LogP contribution in [0.5, 0.6) is 0 Å². The Labute approximate surface area is 118 Å². The molecule has 2 nitrogen and oxygen atoms in total. The van der Waals surface area contributed by atoms with Crippen molar-refractivity contribution in [1.29, 1.82) is 0 Å². The molecule has 1 heterocycles. The Balaban J connectivity index is 2.26. The van der Waals surface area contributed by atoms with E-state index in [1.165, 1.54) is 0 Å². The average Bonchev–Trinajstić information content (AvgIpc) is 2.71. The van der Waals surface area contributed by atoms with E-state index in [9.17, 15) is 0 Å². The van der Waals surface area contributed by atoms with Crippen LogP contribution in [0.15, 0.2) is 40.8 Å². The summed E-state index contributed by atoms with van der Waals surface area (Å²) in [6.07, 6.45) is 0. The van der Waals surface area contributed by atoms with Gasteiger partial charge in [0.25, 0.3) is 0 Å². The van der Waals surface area contributed by atoms with Gasteiger partial charge in [0.1, 0.15) is 5.52 Å². The first kappa shape index (κ1) is 11.8. The first-order chi connectivity index (χ1) is 8.65. The minimum absolute atomic E-state index is 0.392. The van der Waals surface area contributed by atoms with Crippen molar-refractivity contribution in [2.75, 3.05) is 0 Å². The maximum absolute atomic E-state index is 6.11. The summed E-state index contributed by atoms with van der Waals surface area (Å²) in [4.78, 5) is 4.35. The van der Waals surface area contributed by atoms with Crippen molar-refractivity contribution < 1.29 is 4.42 Å². The van der Waals surface area contributed by atoms with Gasteiger partial charge < -0.3 is 4.42 Å². The maximum atomic E-state index is 6.11. The quantitative estimate of drug-likeness (QED) is 0.596. The topological polar surface area (TPSA) is 26.0 Å². The molecule has 0 saturated heterocycles. The molecule has 3 aromatic rings. The van der Waals surface area contributed by atoms with E-state index in [1.807, 2.05) is 0 Å². The molecule has 18 heavy (non-hydrogen) atoms. The van der Waals surface area contributed by atoms with Crippen molar-refractivity contribution >= 4 is 45.9 Å². The molecule has 0 saturated carbocycles. The molecule has 2 aromatic carbocycles. The molecule has 3 rings (SSSR count). The summed E-state index contributed by atoms with van der Waals surface area (Å²) in [5.41, 5.74) is 1.91. The van der Waals surface area contributed by atoms with Crippen LogP contribution in [0.3, 0.4) is 0 Å². The third-order valence-electron chi connectivity index (χ3n) is 2.53. The van der Waals surface area contributed by atoms with Crippen LogP contribution in [0.2, 0.25) is 15.1 Å². The van der Waals surface area contributed by atoms with Crippen LogP contribution in [0.1, 0.15) is 0 Å². The zero-order valence-electron chi connectivity index (χ0n) is 8.95. The molecule has 0 N–H and O–H groups in total. The molecule has 0 radical (unpaired) electrons. The van der Waals surface area contributed by atoms with E-state index in [4.69, 9.17) is 39.2 Å². The highest BCUT2D eigenvalue weighted by Crippen LogP contribution is 2.35. The summed E-state index contributed by atoms with van der Waals surface area (Å²) in [5, 5.41) is 1.60. The average molecular weight is 299 g/mol. The summed E-state index contributed by atoms with van der Waals surface area (Å²) >= 11 is 18.1. The molecule has 0 aliphatic rings. The van der Waals surface area contributed by atoms with Crippen LogP contribution in [0.25, 0.3) is 22.6 Å². The van der Waals surface area contributed by atoms with Crippen LogP contribution >= 0.6 is 34.8 Å². The normalized spacial score (nSPS) is 11.1. The minimum Gasteiger partial charge on any atom is -0.436 e. The monoisotopic (exact) mass is 297 g/mol. The Morgan fingerprint density at radius 3 is 2.39 bits per heavy atom. The van der Waals surface area contributed by atoms with Gasteiger partial charge in [0.05, 0.1) is 15.6 Å². The lowest BCUT2D eigenvalue weighted by Gasteiger charge is -2.01. The Morgan fingerprint density at radius 2 is 1.67 bits per heavy atom. The Bertz CT molecular complexity index is 716. The number of halogens is 3. The number of rotatable bonds is 1. The van der Waals surface area contributed by atoms with Gasteiger partial charge in [-0.05, 0) is 30.3 Å². The fourth-order valence-electron chi connectivity index (χ4n) is 1.71. The second kappa shape index (κ2) is 4.47. The number of hydrogen-bond donors (Lipinski definition) is 0. The van der Waals surface area contributed by atoms with E-state index in [0.29, 0.717) is 37.6 Å². The van der Waals surface area contributed by atoms with Crippen molar-refractivity contribution in [2.45, 2.75) is 0 Å². The van der Waals surface area contributed by atoms with Crippen molar-refractivity contribution in [2.24, 2.45) is 0 Å². The highest BCUT2D eigenvalue weighted by Gasteiger charge is 2.15. The largest absolute Gasteiger partial charge is 0.436 e. The molecule has 0 spiro atoms. The Hall–Kier alpha value is -1.22. The zero-order chi connectivity index (χ0) is 12.7. The van der Waals surface area contributed by atoms with Crippen molar-refractivity contribution in [3.05, 3.63) is 51.5 Å². The summed E-state index contributed by atoms with van der Waals surface area (Å²) in [6.45, 7) is 0. The molecular weight excluding hydrogens is 293 g/mol. The highest BCUT2D eigenvalue weighted by molar-refractivity contribution is 6.39. The first-order valence-electron chi connectivity index (χ1n) is 5.15. The van der Waals surface area contributed by atoms with Crippen LogP contribution in [-0.2, 0) is 0 Å². The van der Waals surface area contributed by atoms with Crippen LogP contribution in [0, 0.1) is 0 Å². The van der Waals surface area contributed by atoms with Gasteiger partial charge in [-0.15, -0.1) is 0 Å². The van der Waals surface area contributed by atoms with Gasteiger partial charge in [0, 0.05) is 5.02 Å². The molecule has 0 unspecified atom stereocenters. The lowest BCUT2D eigenvalue weighted by atomic mass is 10.2. The predicted molar refractivity (Wildman–Crippen MR) is 74.5 cm³/mol. The molecule has 1 aromatic heterocycles. The number of oxazole rings is 1. The Kier molecular flexibility index (Phi) is 2.94. The molecule has 0 aliphatic carbocycles. The highest BCUT2D eigenvalue weighted by atomic mass is 35.5. The van der Waals surface area contributed by atoms with E-state index in [0.717, 1.165) is 0 Å². The third-order valence-corrected chi connectivity index (χ3v) is 3.39. The van der Waals surface area contributed by atoms with Crippen molar-refractivity contribution in [1.82, 2.24) is 4.98 Å². The molecule has 0 fully saturated rings. The van der Waals surface area contributed by atoms with Crippen molar-refractivity contribution in [3.8, 4) is 11.5 Å². The van der Waals surface area contributed by atoms with Gasteiger partial charge in [-0.25, -0.2) is 4.98 Å². The van der Waals surface area contributed by atoms with E-state index in [-0.39, 0.29) is 0 Å². The molecule has 90 valence electrons. The van der Waals surface area contributed by atoms with Crippen molar-refractivity contribution in [3.63, 3.8) is 0 Å². The van der Waals surface area contributed by atoms with E-state index >= 15 is 0 Å². The van der Waals surface area contributed by atoms with E-state index < -0.39 is 0 Å². The molecule has 0 amide bonds. The molecular formula is C13H6Cl3NO. The lowest BCUT2D eigenvalue weighted by molar-refractivity contribution is 0.620. The van der Waals surface area contributed by atoms with Gasteiger partial charge in [0.15, 0.2) is 5.58 Å². The van der Waals surface area contributed by atoms with Gasteiger partial charge in [-0.2, -0.15) is 0 Å². The fourth-order valence-corrected chi connectivity index (χ4v) is 2.44. The predicted octanol–water partition coefficient (Wildman–Crippen LogP) is 5.46. The number of hydrogen-bond acceptors (Lipinski definition) is 2. The summed E-state index contributed by atoms with van der Waals surface area (Å²) in [6, 6.07) is 10.5. The second-order valence-corrected chi connectivity index (χ2v) is 4.98. The SMILES string of the molecule is Clc1ccc2oc(-c3c(Cl)cccc3Cl)nc2c1. The summed E-state index contributed by atoms with van der Waals surface area (Å²) in [7, 11) is 0. The van der Waals surface area contributed by atoms with Gasteiger partial charge in [-0.1, -0.05) is 40.9 Å². The van der Waals surface area contributed by atoms with Crippen LogP contribution < -0.4 is 0 Å². The molecule has 5 heteroatoms. The van der Waals surface area contributed by atoms with Crippen LogP contribution in [-0.4, -0.2) is 4.98 Å². The minimum atomic E-state index is 0.392. The maximum Gasteiger partial charge on any atom is 0.230 e. The Morgan fingerprint density at radius 1 is 0.944 bits per heavy atom. The second-order valence-electron chi connectivity index (χ2n) is 3.73. The molecule has 0 aliphatic heterocycles. The van der Waals surface area contributed by atoms with E-state index in [1.54, 1.807) is 36.4 Å². The number of nitrogens with zero attached hydrogens (tertiary/aromatic N) is 1. The number of fused-ring (bicyclic) bond motifs is 1. The van der Waals surface area contributed by atoms with Gasteiger partial charge in [0.2, 0.25) is 5.89 Å².